The predicted octanol–water partition coefficient (Wildman–Crippen LogP) is 6.33. The number of benzene rings is 2. The van der Waals surface area contributed by atoms with Crippen molar-refractivity contribution in [3.63, 3.8) is 0 Å². The molecule has 0 radical (unpaired) electrons. The minimum atomic E-state index is -4.27. The van der Waals surface area contributed by atoms with Crippen molar-refractivity contribution in [2.75, 3.05) is 6.54 Å². The zero-order valence-electron chi connectivity index (χ0n) is 22.4. The Hall–Kier alpha value is -2.27. The first kappa shape index (κ1) is 30.2. The van der Waals surface area contributed by atoms with Gasteiger partial charge in [0.1, 0.15) is 0 Å². The normalized spacial score (nSPS) is 26.0. The lowest BCUT2D eigenvalue weighted by molar-refractivity contribution is -0.162. The maximum Gasteiger partial charge on any atom is 0.307 e. The van der Waals surface area contributed by atoms with Crippen molar-refractivity contribution in [2.45, 2.75) is 75.2 Å². The van der Waals surface area contributed by atoms with E-state index in [-0.39, 0.29) is 16.6 Å². The molecule has 1 heterocycles. The Balaban J connectivity index is 1.67. The Morgan fingerprint density at radius 3 is 2.27 bits per heavy atom. The molecule has 1 amide bonds. The van der Waals surface area contributed by atoms with Crippen LogP contribution in [0, 0.1) is 11.3 Å². The van der Waals surface area contributed by atoms with E-state index in [1.807, 2.05) is 6.07 Å². The zero-order valence-corrected chi connectivity index (χ0v) is 24.8. The van der Waals surface area contributed by atoms with Crippen LogP contribution in [-0.2, 0) is 19.6 Å². The summed E-state index contributed by atoms with van der Waals surface area (Å²) in [5.74, 6) is -2.33. The van der Waals surface area contributed by atoms with E-state index in [9.17, 15) is 31.9 Å². The van der Waals surface area contributed by atoms with E-state index in [0.29, 0.717) is 41.3 Å². The van der Waals surface area contributed by atoms with Crippen LogP contribution in [0.5, 0.6) is 0 Å². The summed E-state index contributed by atoms with van der Waals surface area (Å²) in [6.07, 6.45) is 1.62. The molecule has 1 aliphatic heterocycles. The van der Waals surface area contributed by atoms with Crippen LogP contribution in [0.1, 0.15) is 68.5 Å². The van der Waals surface area contributed by atoms with Crippen LogP contribution in [0.15, 0.2) is 48.5 Å². The van der Waals surface area contributed by atoms with Gasteiger partial charge in [0.05, 0.1) is 23.1 Å². The highest BCUT2D eigenvalue weighted by atomic mass is 35.5. The number of carbonyl (C=O) groups is 2. The second-order valence-electron chi connectivity index (χ2n) is 11.7. The standard InChI is InChI=1S/C29H32Cl2F2N2O5S/c1-29(15-25(36)37)14-23(19-3-2-4-21(31)13-19)26(18-7-9-20(30)10-8-18)35(27(29)38)24(17-5-6-17)16-34(28(32)33)41(39,40)22-11-12-22/h2-4,7-10,13,17,22-24,26,28H,5-6,11-12,14-16H2,1H3,(H,36,37)/t23-,24?,26-,29-/m1/s1. The summed E-state index contributed by atoms with van der Waals surface area (Å²) in [5.41, 5.74) is 0.0710. The van der Waals surface area contributed by atoms with Crippen LogP contribution in [0.3, 0.4) is 0 Å². The van der Waals surface area contributed by atoms with Gasteiger partial charge in [0.25, 0.3) is 0 Å². The highest BCUT2D eigenvalue weighted by Gasteiger charge is 2.56. The third-order valence-corrected chi connectivity index (χ3v) is 11.3. The van der Waals surface area contributed by atoms with E-state index >= 15 is 0 Å². The highest BCUT2D eigenvalue weighted by Crippen LogP contribution is 2.54. The van der Waals surface area contributed by atoms with Gasteiger partial charge in [-0.2, -0.15) is 8.78 Å². The van der Waals surface area contributed by atoms with Crippen LogP contribution in [0.4, 0.5) is 8.78 Å². The molecule has 0 aromatic heterocycles. The van der Waals surface area contributed by atoms with Gasteiger partial charge in [0, 0.05) is 28.5 Å². The number of likely N-dealkylation sites (tertiary alicyclic amines) is 1. The molecule has 0 bridgehead atoms. The summed E-state index contributed by atoms with van der Waals surface area (Å²) in [7, 11) is -4.27. The lowest BCUT2D eigenvalue weighted by Gasteiger charge is -2.52. The number of nitrogens with zero attached hydrogens (tertiary/aromatic N) is 2. The van der Waals surface area contributed by atoms with E-state index in [0.717, 1.165) is 5.56 Å². The van der Waals surface area contributed by atoms with Crippen molar-refractivity contribution in [3.8, 4) is 0 Å². The summed E-state index contributed by atoms with van der Waals surface area (Å²) in [6.45, 7) is -2.26. The van der Waals surface area contributed by atoms with Crippen molar-refractivity contribution in [1.29, 1.82) is 0 Å². The molecule has 2 aromatic carbocycles. The van der Waals surface area contributed by atoms with Crippen molar-refractivity contribution in [1.82, 2.24) is 9.21 Å². The number of sulfonamides is 1. The summed E-state index contributed by atoms with van der Waals surface area (Å²) >= 11 is 12.5. The van der Waals surface area contributed by atoms with Crippen LogP contribution in [0.25, 0.3) is 0 Å². The largest absolute Gasteiger partial charge is 0.481 e. The number of carboxylic acid groups (broad SMARTS) is 1. The molecular weight excluding hydrogens is 597 g/mol. The molecule has 3 fully saturated rings. The summed E-state index contributed by atoms with van der Waals surface area (Å²) in [4.78, 5) is 28.0. The van der Waals surface area contributed by atoms with E-state index in [2.05, 4.69) is 0 Å². The van der Waals surface area contributed by atoms with Gasteiger partial charge in [0.2, 0.25) is 15.9 Å². The minimum absolute atomic E-state index is 0.165. The molecule has 1 saturated heterocycles. The van der Waals surface area contributed by atoms with Crippen molar-refractivity contribution >= 4 is 45.1 Å². The maximum atomic E-state index is 14.5. The third kappa shape index (κ3) is 6.26. The SMILES string of the molecule is C[C@]1(CC(=O)O)C[C@H](c2cccc(Cl)c2)[C@@H](c2ccc(Cl)cc2)N(C(CN(C(F)F)S(=O)(=O)C2CC2)C2CC2)C1=O. The molecule has 222 valence electrons. The first-order chi connectivity index (χ1) is 19.3. The number of alkyl halides is 2. The molecule has 1 N–H and O–H groups in total. The Morgan fingerprint density at radius 2 is 1.73 bits per heavy atom. The van der Waals surface area contributed by atoms with Gasteiger partial charge in [-0.25, -0.2) is 8.42 Å². The van der Waals surface area contributed by atoms with Crippen molar-refractivity contribution in [2.24, 2.45) is 11.3 Å². The topological polar surface area (TPSA) is 95.0 Å². The summed E-state index contributed by atoms with van der Waals surface area (Å²) in [5, 5.41) is 9.88. The smallest absolute Gasteiger partial charge is 0.307 e. The second-order valence-corrected chi connectivity index (χ2v) is 14.7. The summed E-state index contributed by atoms with van der Waals surface area (Å²) < 4.78 is 55.2. The van der Waals surface area contributed by atoms with Gasteiger partial charge in [0.15, 0.2) is 0 Å². The monoisotopic (exact) mass is 628 g/mol. The molecule has 2 aliphatic carbocycles. The number of halogens is 4. The molecular formula is C29H32Cl2F2N2O5S. The first-order valence-corrected chi connectivity index (χ1v) is 15.9. The Kier molecular flexibility index (Phi) is 8.42. The van der Waals surface area contributed by atoms with Crippen LogP contribution < -0.4 is 0 Å². The molecule has 3 aliphatic rings. The Morgan fingerprint density at radius 1 is 1.07 bits per heavy atom. The molecule has 2 saturated carbocycles. The molecule has 41 heavy (non-hydrogen) atoms. The lowest BCUT2D eigenvalue weighted by Crippen LogP contribution is -2.59. The van der Waals surface area contributed by atoms with E-state index in [1.165, 1.54) is 4.90 Å². The fourth-order valence-electron chi connectivity index (χ4n) is 6.23. The molecule has 7 nitrogen and oxygen atoms in total. The maximum absolute atomic E-state index is 14.5. The minimum Gasteiger partial charge on any atom is -0.481 e. The quantitative estimate of drug-likeness (QED) is 0.294. The number of amides is 1. The number of rotatable bonds is 11. The van der Waals surface area contributed by atoms with Crippen LogP contribution in [-0.4, -0.2) is 59.0 Å². The average molecular weight is 630 g/mol. The number of carbonyl (C=O) groups excluding carboxylic acids is 1. The second kappa shape index (κ2) is 11.4. The van der Waals surface area contributed by atoms with Gasteiger partial charge in [-0.3, -0.25) is 9.59 Å². The van der Waals surface area contributed by atoms with Crippen LogP contribution in [0.2, 0.25) is 10.0 Å². The third-order valence-electron chi connectivity index (χ3n) is 8.51. The molecule has 5 rings (SSSR count). The lowest BCUT2D eigenvalue weighted by atomic mass is 9.67. The highest BCUT2D eigenvalue weighted by molar-refractivity contribution is 7.90. The van der Waals surface area contributed by atoms with Gasteiger partial charge in [-0.15, -0.1) is 4.31 Å². The number of piperidine rings is 1. The van der Waals surface area contributed by atoms with Crippen molar-refractivity contribution in [3.05, 3.63) is 69.7 Å². The first-order valence-electron chi connectivity index (χ1n) is 13.7. The van der Waals surface area contributed by atoms with Crippen molar-refractivity contribution < 1.29 is 31.9 Å². The molecule has 12 heteroatoms. The van der Waals surface area contributed by atoms with E-state index in [4.69, 9.17) is 23.2 Å². The fourth-order valence-corrected chi connectivity index (χ4v) is 8.25. The average Bonchev–Trinajstić information content (AvgIpc) is 3.80. The Bertz CT molecular complexity index is 1420. The predicted molar refractivity (Wildman–Crippen MR) is 151 cm³/mol. The van der Waals surface area contributed by atoms with E-state index in [1.54, 1.807) is 49.4 Å². The van der Waals surface area contributed by atoms with E-state index < -0.39 is 70.1 Å². The molecule has 1 unspecified atom stereocenters. The molecule has 4 atom stereocenters. The zero-order chi connectivity index (χ0) is 29.7. The van der Waals surface area contributed by atoms with Crippen LogP contribution >= 0.6 is 23.2 Å². The van der Waals surface area contributed by atoms with Gasteiger partial charge < -0.3 is 10.0 Å². The number of hydrogen-bond donors (Lipinski definition) is 1. The fraction of sp³-hybridized carbons (Fsp3) is 0.517. The Labute approximate surface area is 248 Å². The molecule has 0 spiro atoms. The molecule has 2 aromatic rings. The number of hydrogen-bond acceptors (Lipinski definition) is 4. The van der Waals surface area contributed by atoms with Gasteiger partial charge in [-0.1, -0.05) is 54.4 Å². The summed E-state index contributed by atoms with van der Waals surface area (Å²) in [6, 6.07) is 12.4. The number of carboxylic acids is 1. The van der Waals surface area contributed by atoms with Gasteiger partial charge >= 0.3 is 12.5 Å². The van der Waals surface area contributed by atoms with Gasteiger partial charge in [-0.05, 0) is 73.4 Å². The number of aliphatic carboxylic acids is 1.